The molecule has 2 aromatic rings. The number of rotatable bonds is 4. The molecule has 0 aliphatic heterocycles. The van der Waals surface area contributed by atoms with E-state index in [1.54, 1.807) is 29.5 Å². The Morgan fingerprint density at radius 2 is 2.17 bits per heavy atom. The van der Waals surface area contributed by atoms with Crippen molar-refractivity contribution in [2.75, 3.05) is 0 Å². The summed E-state index contributed by atoms with van der Waals surface area (Å²) in [6, 6.07) is 6.95. The highest BCUT2D eigenvalue weighted by atomic mass is 32.1. The Labute approximate surface area is 146 Å². The molecule has 1 heterocycles. The molecule has 1 aromatic heterocycles. The average molecular weight is 339 g/mol. The molecule has 4 heteroatoms. The number of allylic oxidation sites excluding steroid dienone is 4. The molecule has 0 spiro atoms. The SMILES string of the molecule is CC(C)C1=CCC(C)(c2csc(-c3cccc(C(=O)O)c3)n2)C=C1. The molecule has 0 bridgehead atoms. The maximum absolute atomic E-state index is 11.1. The molecule has 3 nitrogen and oxygen atoms in total. The van der Waals surface area contributed by atoms with Gasteiger partial charge in [0.15, 0.2) is 0 Å². The van der Waals surface area contributed by atoms with Crippen LogP contribution in [-0.4, -0.2) is 16.1 Å². The van der Waals surface area contributed by atoms with Gasteiger partial charge in [-0.2, -0.15) is 0 Å². The molecular weight excluding hydrogens is 318 g/mol. The van der Waals surface area contributed by atoms with Gasteiger partial charge in [0, 0.05) is 16.4 Å². The molecule has 1 N–H and O–H groups in total. The first-order chi connectivity index (χ1) is 11.4. The molecule has 1 aliphatic rings. The molecule has 0 amide bonds. The molecule has 3 rings (SSSR count). The van der Waals surface area contributed by atoms with Gasteiger partial charge in [0.25, 0.3) is 0 Å². The Kier molecular flexibility index (Phi) is 4.41. The lowest BCUT2D eigenvalue weighted by Crippen LogP contribution is -2.21. The zero-order valence-corrected chi connectivity index (χ0v) is 14.9. The standard InChI is InChI=1S/C20H21NO2S/c1-13(2)14-7-9-20(3,10-8-14)17-12-24-18(21-17)15-5-4-6-16(11-15)19(22)23/h4-9,11-13H,10H2,1-3H3,(H,22,23). The summed E-state index contributed by atoms with van der Waals surface area (Å²) in [4.78, 5) is 15.9. The highest BCUT2D eigenvalue weighted by Gasteiger charge is 2.28. The molecule has 124 valence electrons. The predicted octanol–water partition coefficient (Wildman–Crippen LogP) is 5.31. The minimum absolute atomic E-state index is 0.0997. The average Bonchev–Trinajstić information content (AvgIpc) is 3.06. The van der Waals surface area contributed by atoms with Gasteiger partial charge in [-0.05, 0) is 30.0 Å². The normalized spacial score (nSPS) is 20.2. The van der Waals surface area contributed by atoms with E-state index in [9.17, 15) is 4.79 Å². The van der Waals surface area contributed by atoms with E-state index >= 15 is 0 Å². The fourth-order valence-corrected chi connectivity index (χ4v) is 3.78. The minimum Gasteiger partial charge on any atom is -0.478 e. The quantitative estimate of drug-likeness (QED) is 0.821. The number of hydrogen-bond acceptors (Lipinski definition) is 3. The van der Waals surface area contributed by atoms with Gasteiger partial charge >= 0.3 is 5.97 Å². The summed E-state index contributed by atoms with van der Waals surface area (Å²) in [5.74, 6) is -0.377. The summed E-state index contributed by atoms with van der Waals surface area (Å²) in [6.45, 7) is 6.61. The second-order valence-electron chi connectivity index (χ2n) is 6.74. The van der Waals surface area contributed by atoms with E-state index in [4.69, 9.17) is 10.1 Å². The molecule has 0 saturated carbocycles. The topological polar surface area (TPSA) is 50.2 Å². The van der Waals surface area contributed by atoms with Crippen molar-refractivity contribution in [1.82, 2.24) is 4.98 Å². The fraction of sp³-hybridized carbons (Fsp3) is 0.300. The van der Waals surface area contributed by atoms with Crippen LogP contribution in [0.1, 0.15) is 43.2 Å². The molecular formula is C20H21NO2S. The smallest absolute Gasteiger partial charge is 0.335 e. The van der Waals surface area contributed by atoms with Gasteiger partial charge in [0.1, 0.15) is 5.01 Å². The Morgan fingerprint density at radius 1 is 1.38 bits per heavy atom. The van der Waals surface area contributed by atoms with Crippen LogP contribution < -0.4 is 0 Å². The first-order valence-electron chi connectivity index (χ1n) is 8.08. The van der Waals surface area contributed by atoms with E-state index in [2.05, 4.69) is 44.4 Å². The number of thiazole rings is 1. The summed E-state index contributed by atoms with van der Waals surface area (Å²) in [5.41, 5.74) is 3.46. The molecule has 1 atom stereocenters. The second-order valence-corrected chi connectivity index (χ2v) is 7.60. The van der Waals surface area contributed by atoms with Gasteiger partial charge in [-0.1, -0.05) is 51.1 Å². The second kappa shape index (κ2) is 6.36. The number of aromatic nitrogens is 1. The third-order valence-electron chi connectivity index (χ3n) is 4.52. The van der Waals surface area contributed by atoms with Crippen molar-refractivity contribution in [1.29, 1.82) is 0 Å². The summed E-state index contributed by atoms with van der Waals surface area (Å²) in [6.07, 6.45) is 7.69. The van der Waals surface area contributed by atoms with Crippen LogP contribution in [0.4, 0.5) is 0 Å². The molecule has 0 fully saturated rings. The highest BCUT2D eigenvalue weighted by Crippen LogP contribution is 2.37. The van der Waals surface area contributed by atoms with E-state index in [0.717, 1.165) is 22.7 Å². The van der Waals surface area contributed by atoms with Crippen molar-refractivity contribution in [3.63, 3.8) is 0 Å². The number of benzene rings is 1. The number of aromatic carboxylic acids is 1. The van der Waals surface area contributed by atoms with E-state index in [1.165, 1.54) is 5.57 Å². The summed E-state index contributed by atoms with van der Waals surface area (Å²) < 4.78 is 0. The fourth-order valence-electron chi connectivity index (χ4n) is 2.82. The van der Waals surface area contributed by atoms with E-state index < -0.39 is 5.97 Å². The van der Waals surface area contributed by atoms with Crippen LogP contribution in [0, 0.1) is 5.92 Å². The lowest BCUT2D eigenvalue weighted by molar-refractivity contribution is 0.0697. The van der Waals surface area contributed by atoms with Gasteiger partial charge in [0.05, 0.1) is 11.3 Å². The van der Waals surface area contributed by atoms with Crippen LogP contribution in [0.2, 0.25) is 0 Å². The van der Waals surface area contributed by atoms with Crippen LogP contribution in [0.3, 0.4) is 0 Å². The number of carboxylic acids is 1. The number of nitrogens with zero attached hydrogens (tertiary/aromatic N) is 1. The predicted molar refractivity (Wildman–Crippen MR) is 98.5 cm³/mol. The maximum atomic E-state index is 11.1. The molecule has 0 radical (unpaired) electrons. The van der Waals surface area contributed by atoms with Crippen LogP contribution >= 0.6 is 11.3 Å². The van der Waals surface area contributed by atoms with Gasteiger partial charge in [-0.3, -0.25) is 0 Å². The third-order valence-corrected chi connectivity index (χ3v) is 5.41. The zero-order chi connectivity index (χ0) is 17.3. The monoisotopic (exact) mass is 339 g/mol. The maximum Gasteiger partial charge on any atom is 0.335 e. The van der Waals surface area contributed by atoms with E-state index in [0.29, 0.717) is 5.92 Å². The van der Waals surface area contributed by atoms with Crippen molar-refractivity contribution < 1.29 is 9.90 Å². The van der Waals surface area contributed by atoms with Crippen molar-refractivity contribution in [3.8, 4) is 10.6 Å². The van der Waals surface area contributed by atoms with Crippen LogP contribution in [0.5, 0.6) is 0 Å². The van der Waals surface area contributed by atoms with E-state index in [-0.39, 0.29) is 11.0 Å². The van der Waals surface area contributed by atoms with Crippen LogP contribution in [0.15, 0.2) is 53.4 Å². The number of hydrogen-bond donors (Lipinski definition) is 1. The Bertz CT molecular complexity index is 832. The van der Waals surface area contributed by atoms with Gasteiger partial charge < -0.3 is 5.11 Å². The van der Waals surface area contributed by atoms with Gasteiger partial charge in [-0.15, -0.1) is 11.3 Å². The number of carboxylic acid groups (broad SMARTS) is 1. The molecule has 1 aromatic carbocycles. The lowest BCUT2D eigenvalue weighted by Gasteiger charge is -2.27. The van der Waals surface area contributed by atoms with E-state index in [1.807, 2.05) is 6.07 Å². The van der Waals surface area contributed by atoms with Gasteiger partial charge in [0.2, 0.25) is 0 Å². The molecule has 1 unspecified atom stereocenters. The summed E-state index contributed by atoms with van der Waals surface area (Å²) in [7, 11) is 0. The summed E-state index contributed by atoms with van der Waals surface area (Å²) in [5, 5.41) is 12.1. The molecule has 24 heavy (non-hydrogen) atoms. The van der Waals surface area contributed by atoms with Gasteiger partial charge in [-0.25, -0.2) is 9.78 Å². The Hall–Kier alpha value is -2.20. The highest BCUT2D eigenvalue weighted by molar-refractivity contribution is 7.13. The van der Waals surface area contributed by atoms with Crippen molar-refractivity contribution in [3.05, 3.63) is 64.7 Å². The van der Waals surface area contributed by atoms with Crippen molar-refractivity contribution in [2.45, 2.75) is 32.6 Å². The van der Waals surface area contributed by atoms with Crippen molar-refractivity contribution in [2.24, 2.45) is 5.92 Å². The first-order valence-corrected chi connectivity index (χ1v) is 8.96. The molecule has 1 aliphatic carbocycles. The van der Waals surface area contributed by atoms with Crippen LogP contribution in [0.25, 0.3) is 10.6 Å². The largest absolute Gasteiger partial charge is 0.478 e. The number of carbonyl (C=O) groups is 1. The third kappa shape index (κ3) is 3.20. The zero-order valence-electron chi connectivity index (χ0n) is 14.1. The van der Waals surface area contributed by atoms with Crippen molar-refractivity contribution >= 4 is 17.3 Å². The molecule has 0 saturated heterocycles. The minimum atomic E-state index is -0.915. The Morgan fingerprint density at radius 3 is 2.79 bits per heavy atom. The Balaban J connectivity index is 1.88. The van der Waals surface area contributed by atoms with Crippen LogP contribution in [-0.2, 0) is 5.41 Å². The lowest BCUT2D eigenvalue weighted by atomic mass is 9.78. The summed E-state index contributed by atoms with van der Waals surface area (Å²) >= 11 is 1.56. The first kappa shape index (κ1) is 16.7.